The number of rotatable bonds is 3. The highest BCUT2D eigenvalue weighted by molar-refractivity contribution is 6.00. The molecule has 1 N–H and O–H groups in total. The van der Waals surface area contributed by atoms with Gasteiger partial charge in [-0.25, -0.2) is 0 Å². The lowest BCUT2D eigenvalue weighted by molar-refractivity contribution is -0.162. The molecule has 0 bridgehead atoms. The lowest BCUT2D eigenvalue weighted by atomic mass is 9.95. The topological polar surface area (TPSA) is 96.6 Å². The van der Waals surface area contributed by atoms with Gasteiger partial charge < -0.3 is 33.2 Å². The van der Waals surface area contributed by atoms with E-state index in [2.05, 4.69) is 0 Å². The minimum absolute atomic E-state index is 0.0398. The Morgan fingerprint density at radius 3 is 2.57 bits per heavy atom. The first-order valence-electron chi connectivity index (χ1n) is 8.79. The lowest BCUT2D eigenvalue weighted by Crippen LogP contribution is -2.17. The molecule has 0 spiro atoms. The largest absolute Gasteiger partial charge is 0.507 e. The minimum Gasteiger partial charge on any atom is -0.507 e. The Morgan fingerprint density at radius 2 is 1.86 bits per heavy atom. The average molecular weight is 386 g/mol. The van der Waals surface area contributed by atoms with Crippen molar-refractivity contribution in [3.8, 4) is 23.0 Å². The van der Waals surface area contributed by atoms with Crippen molar-refractivity contribution in [1.82, 2.24) is 0 Å². The van der Waals surface area contributed by atoms with Gasteiger partial charge in [0.05, 0.1) is 20.1 Å². The van der Waals surface area contributed by atoms with Crippen molar-refractivity contribution in [2.24, 2.45) is 0 Å². The molecule has 0 unspecified atom stereocenters. The van der Waals surface area contributed by atoms with E-state index in [1.165, 1.54) is 20.3 Å². The molecular weight excluding hydrogens is 368 g/mol. The number of aromatic hydroxyl groups is 1. The fourth-order valence-corrected chi connectivity index (χ4v) is 4.08. The Balaban J connectivity index is 1.90. The molecule has 0 amide bonds. The third-order valence-electron chi connectivity index (χ3n) is 5.38. The van der Waals surface area contributed by atoms with Crippen molar-refractivity contribution in [3.63, 3.8) is 0 Å². The molecule has 2 aliphatic heterocycles. The SMILES string of the molecule is COc1ccc(O)c2c(=O)c3c(OC)cc4c(c3oc12)[C@@H]1C[C@H](OC)O[C@H]1O4. The molecule has 8 nitrogen and oxygen atoms in total. The van der Waals surface area contributed by atoms with Crippen molar-refractivity contribution in [2.75, 3.05) is 21.3 Å². The zero-order chi connectivity index (χ0) is 19.6. The minimum atomic E-state index is -0.526. The normalized spacial score (nSPS) is 22.9. The fraction of sp³-hybridized carbons (Fsp3) is 0.350. The fourth-order valence-electron chi connectivity index (χ4n) is 4.08. The van der Waals surface area contributed by atoms with Gasteiger partial charge in [0.15, 0.2) is 17.6 Å². The summed E-state index contributed by atoms with van der Waals surface area (Å²) < 4.78 is 33.9. The summed E-state index contributed by atoms with van der Waals surface area (Å²) in [4.78, 5) is 13.3. The summed E-state index contributed by atoms with van der Waals surface area (Å²) in [5, 5.41) is 10.6. The Kier molecular flexibility index (Phi) is 3.68. The summed E-state index contributed by atoms with van der Waals surface area (Å²) in [6, 6.07) is 4.60. The number of phenols is 1. The number of ether oxygens (including phenoxy) is 5. The Labute approximate surface area is 159 Å². The molecule has 1 aromatic heterocycles. The van der Waals surface area contributed by atoms with Crippen molar-refractivity contribution >= 4 is 21.9 Å². The van der Waals surface area contributed by atoms with Crippen molar-refractivity contribution in [1.29, 1.82) is 0 Å². The number of phenolic OH excluding ortho intramolecular Hbond substituents is 1. The van der Waals surface area contributed by atoms with Crippen LogP contribution in [-0.2, 0) is 9.47 Å². The van der Waals surface area contributed by atoms with E-state index in [-0.39, 0.29) is 28.0 Å². The third-order valence-corrected chi connectivity index (χ3v) is 5.38. The highest BCUT2D eigenvalue weighted by Gasteiger charge is 2.46. The van der Waals surface area contributed by atoms with Gasteiger partial charge in [0.2, 0.25) is 11.7 Å². The maximum absolute atomic E-state index is 13.3. The number of methoxy groups -OCH3 is 3. The summed E-state index contributed by atoms with van der Waals surface area (Å²) in [5.41, 5.74) is 0.826. The molecule has 3 atom stereocenters. The van der Waals surface area contributed by atoms with Gasteiger partial charge >= 0.3 is 0 Å². The summed E-state index contributed by atoms with van der Waals surface area (Å²) in [5.74, 6) is 0.839. The second-order valence-corrected chi connectivity index (χ2v) is 6.75. The van der Waals surface area contributed by atoms with Crippen LogP contribution in [0.4, 0.5) is 0 Å². The van der Waals surface area contributed by atoms with Crippen LogP contribution in [0.1, 0.15) is 17.9 Å². The van der Waals surface area contributed by atoms with Crippen molar-refractivity contribution < 1.29 is 33.2 Å². The summed E-state index contributed by atoms with van der Waals surface area (Å²) in [7, 11) is 4.50. The molecule has 146 valence electrons. The first kappa shape index (κ1) is 17.2. The monoisotopic (exact) mass is 386 g/mol. The van der Waals surface area contributed by atoms with Gasteiger partial charge in [0, 0.05) is 25.2 Å². The average Bonchev–Trinajstić information content (AvgIpc) is 3.24. The maximum Gasteiger partial charge on any atom is 0.209 e. The number of benzene rings is 2. The van der Waals surface area contributed by atoms with E-state index in [4.69, 9.17) is 28.1 Å². The van der Waals surface area contributed by atoms with E-state index in [0.717, 1.165) is 5.56 Å². The Hall–Kier alpha value is -2.97. The molecule has 3 heterocycles. The van der Waals surface area contributed by atoms with E-state index in [9.17, 15) is 9.90 Å². The van der Waals surface area contributed by atoms with E-state index in [0.29, 0.717) is 29.3 Å². The van der Waals surface area contributed by atoms with Gasteiger partial charge in [-0.15, -0.1) is 0 Å². The van der Waals surface area contributed by atoms with E-state index >= 15 is 0 Å². The number of hydrogen-bond acceptors (Lipinski definition) is 8. The van der Waals surface area contributed by atoms with Gasteiger partial charge in [0.1, 0.15) is 33.6 Å². The third kappa shape index (κ3) is 2.15. The zero-order valence-electron chi connectivity index (χ0n) is 15.5. The molecule has 3 aromatic rings. The molecule has 8 heteroatoms. The van der Waals surface area contributed by atoms with Crippen LogP contribution in [0.5, 0.6) is 23.0 Å². The summed E-state index contributed by atoms with van der Waals surface area (Å²) in [6.07, 6.45) is -0.359. The van der Waals surface area contributed by atoms with Gasteiger partial charge in [-0.05, 0) is 12.1 Å². The zero-order valence-corrected chi connectivity index (χ0v) is 15.5. The van der Waals surface area contributed by atoms with Gasteiger partial charge in [-0.3, -0.25) is 4.79 Å². The van der Waals surface area contributed by atoms with E-state index < -0.39 is 18.0 Å². The van der Waals surface area contributed by atoms with Gasteiger partial charge in [0.25, 0.3) is 0 Å². The maximum atomic E-state index is 13.3. The van der Waals surface area contributed by atoms with Crippen LogP contribution < -0.4 is 19.6 Å². The molecular formula is C20H18O8. The Morgan fingerprint density at radius 1 is 1.07 bits per heavy atom. The van der Waals surface area contributed by atoms with Gasteiger partial charge in [-0.2, -0.15) is 0 Å². The predicted octanol–water partition coefficient (Wildman–Crippen LogP) is 2.86. The van der Waals surface area contributed by atoms with Crippen LogP contribution in [0.15, 0.2) is 27.4 Å². The van der Waals surface area contributed by atoms with Crippen molar-refractivity contribution in [2.45, 2.75) is 24.9 Å². The molecule has 28 heavy (non-hydrogen) atoms. The van der Waals surface area contributed by atoms with Crippen LogP contribution in [0.3, 0.4) is 0 Å². The summed E-state index contributed by atoms with van der Waals surface area (Å²) >= 11 is 0. The second kappa shape index (κ2) is 6.02. The highest BCUT2D eigenvalue weighted by atomic mass is 16.8. The Bertz CT molecular complexity index is 1160. The highest BCUT2D eigenvalue weighted by Crippen LogP contribution is 2.51. The number of hydrogen-bond donors (Lipinski definition) is 1. The number of fused-ring (bicyclic) bond motifs is 6. The summed E-state index contributed by atoms with van der Waals surface area (Å²) in [6.45, 7) is 0. The van der Waals surface area contributed by atoms with E-state index in [1.807, 2.05) is 0 Å². The predicted molar refractivity (Wildman–Crippen MR) is 98.4 cm³/mol. The van der Waals surface area contributed by atoms with Crippen LogP contribution in [0.25, 0.3) is 21.9 Å². The second-order valence-electron chi connectivity index (χ2n) is 6.75. The van der Waals surface area contributed by atoms with Gasteiger partial charge in [-0.1, -0.05) is 0 Å². The van der Waals surface area contributed by atoms with Crippen LogP contribution in [0.2, 0.25) is 0 Å². The molecule has 2 aromatic carbocycles. The molecule has 1 saturated heterocycles. The van der Waals surface area contributed by atoms with Crippen molar-refractivity contribution in [3.05, 3.63) is 34.0 Å². The van der Waals surface area contributed by atoms with Crippen LogP contribution in [-0.4, -0.2) is 39.0 Å². The first-order valence-corrected chi connectivity index (χ1v) is 8.79. The standard InChI is InChI=1S/C20H18O8/c1-23-10-5-4-9(21)15-17(22)16-11(24-2)7-12-14(19(16)28-18(10)15)8-6-13(25-3)27-20(8)26-12/h4-5,7-8,13,20-21H,6H2,1-3H3/t8-,13+,20+/m0/s1. The molecule has 0 aliphatic carbocycles. The van der Waals surface area contributed by atoms with Crippen LogP contribution in [0, 0.1) is 0 Å². The first-order chi connectivity index (χ1) is 13.6. The molecule has 5 rings (SSSR count). The smallest absolute Gasteiger partial charge is 0.209 e. The molecule has 1 fully saturated rings. The lowest BCUT2D eigenvalue weighted by Gasteiger charge is -2.14. The molecule has 0 radical (unpaired) electrons. The molecule has 2 aliphatic rings. The van der Waals surface area contributed by atoms with E-state index in [1.54, 1.807) is 19.2 Å². The quantitative estimate of drug-likeness (QED) is 0.687. The molecule has 0 saturated carbocycles. The van der Waals surface area contributed by atoms with Crippen LogP contribution >= 0.6 is 0 Å².